The molecule has 58 heavy (non-hydrogen) atoms. The Bertz CT molecular complexity index is 2260. The fraction of sp³-hybridized carbons (Fsp3) is 0.279. The fourth-order valence-corrected chi connectivity index (χ4v) is 8.89. The van der Waals surface area contributed by atoms with Crippen molar-refractivity contribution in [3.8, 4) is 11.1 Å². The van der Waals surface area contributed by atoms with Crippen LogP contribution in [-0.4, -0.2) is 98.9 Å². The van der Waals surface area contributed by atoms with Gasteiger partial charge < -0.3 is 20.2 Å². The zero-order valence-corrected chi connectivity index (χ0v) is 34.6. The predicted molar refractivity (Wildman–Crippen MR) is 232 cm³/mol. The Balaban J connectivity index is 1.06. The fourth-order valence-electron chi connectivity index (χ4n) is 6.78. The molecule has 12 nitrogen and oxygen atoms in total. The molecule has 15 heteroatoms. The van der Waals surface area contributed by atoms with Gasteiger partial charge in [0, 0.05) is 78.3 Å². The van der Waals surface area contributed by atoms with Gasteiger partial charge in [-0.1, -0.05) is 66.2 Å². The van der Waals surface area contributed by atoms with Crippen molar-refractivity contribution >= 4 is 56.4 Å². The van der Waals surface area contributed by atoms with Gasteiger partial charge in [0.25, 0.3) is 21.6 Å². The van der Waals surface area contributed by atoms with Crippen LogP contribution < -0.4 is 14.9 Å². The molecule has 1 atom stereocenters. The third kappa shape index (κ3) is 11.6. The average molecular weight is 843 g/mol. The molecule has 3 N–H and O–H groups in total. The van der Waals surface area contributed by atoms with E-state index in [0.717, 1.165) is 54.9 Å². The molecule has 0 bridgehead atoms. The SMILES string of the molecule is CN(CCO)CC[C@H](CSc1ccccc1)Nc1ccc(S(=O)(=O)NC(=O)c2ccc(N3CCN(Cc4ccccc4-c4ccc(Cl)cc4)CC3)cc2)cc1[N+](=O)[O-]. The van der Waals surface area contributed by atoms with Gasteiger partial charge in [-0.15, -0.1) is 11.8 Å². The Labute approximate surface area is 349 Å². The van der Waals surface area contributed by atoms with E-state index >= 15 is 0 Å². The van der Waals surface area contributed by atoms with E-state index in [4.69, 9.17) is 11.6 Å². The highest BCUT2D eigenvalue weighted by atomic mass is 35.5. The largest absolute Gasteiger partial charge is 0.395 e. The lowest BCUT2D eigenvalue weighted by Gasteiger charge is -2.36. The quantitative estimate of drug-likeness (QED) is 0.0466. The second kappa shape index (κ2) is 20.1. The monoisotopic (exact) mass is 842 g/mol. The number of hydrogen-bond donors (Lipinski definition) is 3. The van der Waals surface area contributed by atoms with Crippen LogP contribution in [0.2, 0.25) is 5.02 Å². The Morgan fingerprint density at radius 2 is 1.60 bits per heavy atom. The zero-order valence-electron chi connectivity index (χ0n) is 32.2. The minimum atomic E-state index is -4.46. The van der Waals surface area contributed by atoms with E-state index < -0.39 is 31.4 Å². The van der Waals surface area contributed by atoms with Gasteiger partial charge in [0.2, 0.25) is 0 Å². The molecule has 5 aromatic carbocycles. The number of nitro groups is 1. The first-order valence-electron chi connectivity index (χ1n) is 19.0. The highest BCUT2D eigenvalue weighted by Crippen LogP contribution is 2.31. The number of thioether (sulfide) groups is 1. The Morgan fingerprint density at radius 3 is 2.29 bits per heavy atom. The molecule has 5 aromatic rings. The molecule has 1 aliphatic heterocycles. The molecule has 0 radical (unpaired) electrons. The molecule has 0 spiro atoms. The highest BCUT2D eigenvalue weighted by Gasteiger charge is 2.26. The van der Waals surface area contributed by atoms with Crippen molar-refractivity contribution in [2.45, 2.75) is 28.8 Å². The van der Waals surface area contributed by atoms with Crippen LogP contribution in [0.4, 0.5) is 17.1 Å². The molecule has 304 valence electrons. The van der Waals surface area contributed by atoms with Gasteiger partial charge in [0.1, 0.15) is 5.69 Å². The van der Waals surface area contributed by atoms with E-state index in [0.29, 0.717) is 30.3 Å². The van der Waals surface area contributed by atoms with Crippen molar-refractivity contribution in [1.29, 1.82) is 0 Å². The number of amides is 1. The molecule has 0 saturated carbocycles. The van der Waals surface area contributed by atoms with E-state index in [1.807, 2.05) is 72.6 Å². The average Bonchev–Trinajstić information content (AvgIpc) is 3.23. The van der Waals surface area contributed by atoms with Crippen LogP contribution in [0.25, 0.3) is 11.1 Å². The lowest BCUT2D eigenvalue weighted by Crippen LogP contribution is -2.46. The van der Waals surface area contributed by atoms with E-state index in [9.17, 15) is 28.4 Å². The molecular weight excluding hydrogens is 796 g/mol. The van der Waals surface area contributed by atoms with Gasteiger partial charge in [0.15, 0.2) is 0 Å². The highest BCUT2D eigenvalue weighted by molar-refractivity contribution is 7.99. The van der Waals surface area contributed by atoms with Crippen molar-refractivity contribution in [1.82, 2.24) is 14.5 Å². The maximum absolute atomic E-state index is 13.4. The second-order valence-electron chi connectivity index (χ2n) is 14.1. The van der Waals surface area contributed by atoms with Crippen LogP contribution in [0.5, 0.6) is 0 Å². The summed E-state index contributed by atoms with van der Waals surface area (Å²) in [4.78, 5) is 32.0. The summed E-state index contributed by atoms with van der Waals surface area (Å²) in [5.41, 5.74) is 4.33. The van der Waals surface area contributed by atoms with Gasteiger partial charge in [-0.2, -0.15) is 0 Å². The van der Waals surface area contributed by atoms with E-state index in [2.05, 4.69) is 38.0 Å². The topological polar surface area (TPSA) is 148 Å². The summed E-state index contributed by atoms with van der Waals surface area (Å²) < 4.78 is 28.9. The predicted octanol–water partition coefficient (Wildman–Crippen LogP) is 7.24. The van der Waals surface area contributed by atoms with Crippen molar-refractivity contribution in [3.63, 3.8) is 0 Å². The number of rotatable bonds is 18. The van der Waals surface area contributed by atoms with Gasteiger partial charge in [-0.3, -0.25) is 19.8 Å². The number of carbonyl (C=O) groups excluding carboxylic acids is 1. The molecule has 1 saturated heterocycles. The molecule has 0 unspecified atom stereocenters. The smallest absolute Gasteiger partial charge is 0.293 e. The molecule has 1 heterocycles. The molecule has 1 fully saturated rings. The minimum absolute atomic E-state index is 0.0125. The molecule has 0 aliphatic carbocycles. The number of benzene rings is 5. The summed E-state index contributed by atoms with van der Waals surface area (Å²) >= 11 is 7.71. The van der Waals surface area contributed by atoms with Gasteiger partial charge in [0.05, 0.1) is 16.4 Å². The number of anilines is 2. The van der Waals surface area contributed by atoms with Crippen LogP contribution >= 0.6 is 23.4 Å². The Morgan fingerprint density at radius 1 is 0.914 bits per heavy atom. The molecule has 0 aromatic heterocycles. The first kappa shape index (κ1) is 42.6. The van der Waals surface area contributed by atoms with Gasteiger partial charge in [-0.05, 0) is 97.4 Å². The first-order chi connectivity index (χ1) is 28.0. The normalized spacial score (nSPS) is 14.0. The van der Waals surface area contributed by atoms with Gasteiger partial charge in [-0.25, -0.2) is 13.1 Å². The third-order valence-corrected chi connectivity index (χ3v) is 12.8. The summed E-state index contributed by atoms with van der Waals surface area (Å²) in [7, 11) is -2.57. The maximum atomic E-state index is 13.4. The number of aliphatic hydroxyl groups excluding tert-OH is 1. The number of likely N-dealkylation sites (N-methyl/N-ethyl adjacent to an activating group) is 1. The zero-order chi connectivity index (χ0) is 41.1. The van der Waals surface area contributed by atoms with Crippen molar-refractivity contribution in [2.75, 3.05) is 68.9 Å². The number of sulfonamides is 1. The standard InChI is InChI=1S/C43H47ClN6O6S2/c1-47(27-28-51)22-21-36(31-57-38-8-3-2-4-9-38)45-41-20-19-39(29-42(41)50(53)54)58(55,56)46-43(52)33-13-17-37(18-14-33)49-25-23-48(24-26-49)30-34-7-5-6-10-40(34)32-11-15-35(44)16-12-32/h2-20,29,36,45,51H,21-28,30-31H2,1H3,(H,46,52)/t36-/m1/s1. The number of nitrogens with one attached hydrogen (secondary N) is 2. The molecule has 1 amide bonds. The third-order valence-electron chi connectivity index (χ3n) is 10.0. The summed E-state index contributed by atoms with van der Waals surface area (Å²) in [5.74, 6) is -0.259. The van der Waals surface area contributed by atoms with E-state index in [-0.39, 0.29) is 23.9 Å². The van der Waals surface area contributed by atoms with Crippen LogP contribution in [0.3, 0.4) is 0 Å². The Hall–Kier alpha value is -4.96. The number of nitro benzene ring substituents is 1. The Kier molecular flexibility index (Phi) is 14.8. The molecular formula is C43H47ClN6O6S2. The van der Waals surface area contributed by atoms with E-state index in [1.165, 1.54) is 23.3 Å². The number of nitrogens with zero attached hydrogens (tertiary/aromatic N) is 4. The van der Waals surface area contributed by atoms with Crippen LogP contribution in [0.1, 0.15) is 22.3 Å². The lowest BCUT2D eigenvalue weighted by atomic mass is 9.99. The second-order valence-corrected chi connectivity index (χ2v) is 17.3. The van der Waals surface area contributed by atoms with Crippen LogP contribution in [0, 0.1) is 10.1 Å². The number of hydrogen-bond acceptors (Lipinski definition) is 11. The van der Waals surface area contributed by atoms with Crippen molar-refractivity contribution in [2.24, 2.45) is 0 Å². The van der Waals surface area contributed by atoms with E-state index in [1.54, 1.807) is 36.0 Å². The number of halogens is 1. The van der Waals surface area contributed by atoms with Gasteiger partial charge >= 0.3 is 0 Å². The number of carbonyl (C=O) groups is 1. The number of piperazine rings is 1. The summed E-state index contributed by atoms with van der Waals surface area (Å²) in [6.45, 7) is 5.16. The van der Waals surface area contributed by atoms with Crippen LogP contribution in [-0.2, 0) is 16.6 Å². The summed E-state index contributed by atoms with van der Waals surface area (Å²) in [6.07, 6.45) is 0.611. The summed E-state index contributed by atoms with van der Waals surface area (Å²) in [6, 6.07) is 36.1. The maximum Gasteiger partial charge on any atom is 0.293 e. The molecule has 1 aliphatic rings. The van der Waals surface area contributed by atoms with Crippen LogP contribution in [0.15, 0.2) is 131 Å². The van der Waals surface area contributed by atoms with Crippen molar-refractivity contribution < 1.29 is 23.2 Å². The summed E-state index contributed by atoms with van der Waals surface area (Å²) in [5, 5.41) is 25.5. The lowest BCUT2D eigenvalue weighted by molar-refractivity contribution is -0.384. The number of aliphatic hydroxyl groups is 1. The van der Waals surface area contributed by atoms with Crippen molar-refractivity contribution in [3.05, 3.63) is 148 Å². The molecule has 6 rings (SSSR count). The minimum Gasteiger partial charge on any atom is -0.395 e. The first-order valence-corrected chi connectivity index (χ1v) is 21.8.